The Kier molecular flexibility index (Phi) is 2.12. The predicted octanol–water partition coefficient (Wildman–Crippen LogP) is 1.77. The molecule has 1 aliphatic rings. The zero-order valence-electron chi connectivity index (χ0n) is 8.09. The number of nitrogens with zero attached hydrogens (tertiary/aromatic N) is 1. The van der Waals surface area contributed by atoms with Crippen molar-refractivity contribution in [3.05, 3.63) is 18.2 Å². The lowest BCUT2D eigenvalue weighted by Crippen LogP contribution is -2.41. The highest BCUT2D eigenvalue weighted by atomic mass is 15.0. The topological polar surface area (TPSA) is 54.7 Å². The molecule has 1 saturated carbocycles. The highest BCUT2D eigenvalue weighted by molar-refractivity contribution is 5.07. The van der Waals surface area contributed by atoms with Crippen LogP contribution in [0.3, 0.4) is 0 Å². The van der Waals surface area contributed by atoms with Gasteiger partial charge in [-0.1, -0.05) is 19.8 Å². The minimum absolute atomic E-state index is 0.193. The Morgan fingerprint density at radius 1 is 1.69 bits per heavy atom. The van der Waals surface area contributed by atoms with Gasteiger partial charge in [-0.2, -0.15) is 0 Å². The quantitative estimate of drug-likeness (QED) is 0.690. The molecule has 0 aliphatic heterocycles. The minimum Gasteiger partial charge on any atom is -0.347 e. The van der Waals surface area contributed by atoms with E-state index in [4.69, 9.17) is 5.73 Å². The van der Waals surface area contributed by atoms with Crippen LogP contribution < -0.4 is 5.73 Å². The van der Waals surface area contributed by atoms with E-state index in [-0.39, 0.29) is 5.54 Å². The second kappa shape index (κ2) is 3.14. The molecule has 1 aliphatic carbocycles. The molecule has 13 heavy (non-hydrogen) atoms. The summed E-state index contributed by atoms with van der Waals surface area (Å²) in [6.07, 6.45) is 8.27. The molecule has 0 unspecified atom stereocenters. The molecule has 2 rings (SSSR count). The second-order valence-electron chi connectivity index (χ2n) is 4.30. The molecule has 0 spiro atoms. The average molecular weight is 179 g/mol. The lowest BCUT2D eigenvalue weighted by atomic mass is 9.76. The van der Waals surface area contributed by atoms with Crippen LogP contribution in [0.1, 0.15) is 38.4 Å². The monoisotopic (exact) mass is 179 g/mol. The lowest BCUT2D eigenvalue weighted by Gasteiger charge is -2.35. The van der Waals surface area contributed by atoms with Crippen molar-refractivity contribution < 1.29 is 0 Å². The first-order valence-electron chi connectivity index (χ1n) is 4.99. The number of nitrogens with one attached hydrogen (secondary N) is 1. The van der Waals surface area contributed by atoms with Crippen molar-refractivity contribution in [2.45, 2.75) is 38.1 Å². The van der Waals surface area contributed by atoms with Crippen molar-refractivity contribution in [2.75, 3.05) is 0 Å². The summed E-state index contributed by atoms with van der Waals surface area (Å²) < 4.78 is 0. The molecule has 0 bridgehead atoms. The van der Waals surface area contributed by atoms with E-state index in [0.717, 1.165) is 24.6 Å². The zero-order chi connectivity index (χ0) is 9.31. The van der Waals surface area contributed by atoms with Gasteiger partial charge in [0.15, 0.2) is 0 Å². The number of aromatic nitrogens is 2. The summed E-state index contributed by atoms with van der Waals surface area (Å²) in [4.78, 5) is 7.40. The van der Waals surface area contributed by atoms with Crippen molar-refractivity contribution in [3.63, 3.8) is 0 Å². The molecule has 0 aromatic carbocycles. The number of nitrogens with two attached hydrogens (primary N) is 1. The van der Waals surface area contributed by atoms with E-state index in [1.54, 1.807) is 6.20 Å². The maximum absolute atomic E-state index is 6.32. The maximum atomic E-state index is 6.32. The number of aromatic amines is 1. The van der Waals surface area contributed by atoms with Crippen molar-refractivity contribution >= 4 is 0 Å². The van der Waals surface area contributed by atoms with Crippen LogP contribution >= 0.6 is 0 Å². The van der Waals surface area contributed by atoms with Gasteiger partial charge in [-0.3, -0.25) is 0 Å². The Balaban J connectivity index is 2.20. The van der Waals surface area contributed by atoms with Gasteiger partial charge in [-0.25, -0.2) is 4.98 Å². The molecule has 3 N–H and O–H groups in total. The SMILES string of the molecule is C[C@@H]1CCC[C@](N)(c2ncc[nH]2)C1. The van der Waals surface area contributed by atoms with E-state index < -0.39 is 0 Å². The third-order valence-electron chi connectivity index (χ3n) is 3.00. The molecule has 1 aromatic heterocycles. The summed E-state index contributed by atoms with van der Waals surface area (Å²) in [7, 11) is 0. The summed E-state index contributed by atoms with van der Waals surface area (Å²) in [5, 5.41) is 0. The molecule has 1 aromatic rings. The van der Waals surface area contributed by atoms with Crippen molar-refractivity contribution in [1.29, 1.82) is 0 Å². The fourth-order valence-corrected chi connectivity index (χ4v) is 2.34. The molecule has 0 saturated heterocycles. The van der Waals surface area contributed by atoms with Gasteiger partial charge in [-0.05, 0) is 18.8 Å². The van der Waals surface area contributed by atoms with E-state index in [2.05, 4.69) is 16.9 Å². The number of hydrogen-bond donors (Lipinski definition) is 2. The third kappa shape index (κ3) is 1.61. The molecule has 1 heterocycles. The van der Waals surface area contributed by atoms with Crippen molar-refractivity contribution in [2.24, 2.45) is 11.7 Å². The standard InChI is InChI=1S/C10H17N3/c1-8-3-2-4-10(11,7-8)9-12-5-6-13-9/h5-6,8H,2-4,7,11H2,1H3,(H,12,13)/t8-,10-/m1/s1. The van der Waals surface area contributed by atoms with Gasteiger partial charge in [0, 0.05) is 12.4 Å². The van der Waals surface area contributed by atoms with E-state index in [0.29, 0.717) is 0 Å². The predicted molar refractivity (Wildman–Crippen MR) is 52.1 cm³/mol. The zero-order valence-corrected chi connectivity index (χ0v) is 8.09. The molecule has 3 nitrogen and oxygen atoms in total. The first-order chi connectivity index (χ1) is 6.21. The lowest BCUT2D eigenvalue weighted by molar-refractivity contribution is 0.229. The van der Waals surface area contributed by atoms with Crippen molar-refractivity contribution in [3.8, 4) is 0 Å². The highest BCUT2D eigenvalue weighted by Crippen LogP contribution is 2.35. The number of imidazole rings is 1. The van der Waals surface area contributed by atoms with Crippen LogP contribution in [0.25, 0.3) is 0 Å². The summed E-state index contributed by atoms with van der Waals surface area (Å²) in [5.41, 5.74) is 6.13. The van der Waals surface area contributed by atoms with E-state index in [9.17, 15) is 0 Å². The molecule has 0 radical (unpaired) electrons. The normalized spacial score (nSPS) is 34.8. The van der Waals surface area contributed by atoms with Gasteiger partial charge >= 0.3 is 0 Å². The van der Waals surface area contributed by atoms with Gasteiger partial charge in [0.05, 0.1) is 5.54 Å². The molecule has 72 valence electrons. The van der Waals surface area contributed by atoms with Crippen LogP contribution in [-0.2, 0) is 5.54 Å². The van der Waals surface area contributed by atoms with Gasteiger partial charge in [0.2, 0.25) is 0 Å². The fraction of sp³-hybridized carbons (Fsp3) is 0.700. The van der Waals surface area contributed by atoms with E-state index in [1.165, 1.54) is 12.8 Å². The number of H-pyrrole nitrogens is 1. The largest absolute Gasteiger partial charge is 0.347 e. The molecule has 1 fully saturated rings. The van der Waals surface area contributed by atoms with Crippen LogP contribution in [0.5, 0.6) is 0 Å². The first kappa shape index (κ1) is 8.75. The fourth-order valence-electron chi connectivity index (χ4n) is 2.34. The highest BCUT2D eigenvalue weighted by Gasteiger charge is 2.34. The van der Waals surface area contributed by atoms with Gasteiger partial charge in [-0.15, -0.1) is 0 Å². The van der Waals surface area contributed by atoms with Crippen LogP contribution in [0.2, 0.25) is 0 Å². The van der Waals surface area contributed by atoms with Crippen LogP contribution in [-0.4, -0.2) is 9.97 Å². The molecular formula is C10H17N3. The van der Waals surface area contributed by atoms with E-state index >= 15 is 0 Å². The summed E-state index contributed by atoms with van der Waals surface area (Å²) >= 11 is 0. The molecule has 3 heteroatoms. The van der Waals surface area contributed by atoms with Gasteiger partial charge in [0.1, 0.15) is 5.82 Å². The maximum Gasteiger partial charge on any atom is 0.126 e. The first-order valence-corrected chi connectivity index (χ1v) is 4.99. The van der Waals surface area contributed by atoms with Crippen LogP contribution in [0.15, 0.2) is 12.4 Å². The van der Waals surface area contributed by atoms with Crippen LogP contribution in [0.4, 0.5) is 0 Å². The van der Waals surface area contributed by atoms with Crippen molar-refractivity contribution in [1.82, 2.24) is 9.97 Å². The Hall–Kier alpha value is -0.830. The van der Waals surface area contributed by atoms with E-state index in [1.807, 2.05) is 6.20 Å². The number of rotatable bonds is 1. The van der Waals surface area contributed by atoms with Gasteiger partial charge < -0.3 is 10.7 Å². The third-order valence-corrected chi connectivity index (χ3v) is 3.00. The average Bonchev–Trinajstić information content (AvgIpc) is 2.55. The molecule has 2 atom stereocenters. The van der Waals surface area contributed by atoms with Crippen LogP contribution in [0, 0.1) is 5.92 Å². The minimum atomic E-state index is -0.193. The Labute approximate surface area is 78.7 Å². The molecular weight excluding hydrogens is 162 g/mol. The Bertz CT molecular complexity index is 268. The summed E-state index contributed by atoms with van der Waals surface area (Å²) in [5.74, 6) is 1.68. The second-order valence-corrected chi connectivity index (χ2v) is 4.30. The summed E-state index contributed by atoms with van der Waals surface area (Å²) in [6.45, 7) is 2.27. The Morgan fingerprint density at radius 3 is 3.15 bits per heavy atom. The number of hydrogen-bond acceptors (Lipinski definition) is 2. The summed E-state index contributed by atoms with van der Waals surface area (Å²) in [6, 6.07) is 0. The smallest absolute Gasteiger partial charge is 0.126 e. The Morgan fingerprint density at radius 2 is 2.54 bits per heavy atom. The van der Waals surface area contributed by atoms with Gasteiger partial charge in [0.25, 0.3) is 0 Å². The molecule has 0 amide bonds.